The van der Waals surface area contributed by atoms with Gasteiger partial charge in [0.25, 0.3) is 0 Å². The lowest BCUT2D eigenvalue weighted by Crippen LogP contribution is -2.19. The van der Waals surface area contributed by atoms with Crippen molar-refractivity contribution >= 4 is 15.9 Å². The van der Waals surface area contributed by atoms with Gasteiger partial charge < -0.3 is 5.73 Å². The molecule has 64 valence electrons. The molecular weight excluding hydrogens is 214 g/mol. The maximum absolute atomic E-state index is 6.11. The minimum Gasteiger partial charge on any atom is -0.321 e. The van der Waals surface area contributed by atoms with Crippen LogP contribution in [-0.4, -0.2) is 0 Å². The van der Waals surface area contributed by atoms with Crippen molar-refractivity contribution < 1.29 is 0 Å². The topological polar surface area (TPSA) is 26.0 Å². The molecule has 0 unspecified atom stereocenters. The lowest BCUT2D eigenvalue weighted by Gasteiger charge is -2.12. The second-order valence-electron chi connectivity index (χ2n) is 3.59. The maximum Gasteiger partial charge on any atom is 0.0422 e. The Kier molecular flexibility index (Phi) is 1.77. The summed E-state index contributed by atoms with van der Waals surface area (Å²) in [6.45, 7) is 2.10. The highest BCUT2D eigenvalue weighted by molar-refractivity contribution is 9.10. The van der Waals surface area contributed by atoms with Crippen molar-refractivity contribution in [1.82, 2.24) is 0 Å². The van der Waals surface area contributed by atoms with Crippen molar-refractivity contribution in [2.45, 2.75) is 25.3 Å². The van der Waals surface area contributed by atoms with Gasteiger partial charge in [-0.15, -0.1) is 0 Å². The first-order chi connectivity index (χ1) is 5.63. The fraction of sp³-hybridized carbons (Fsp3) is 0.400. The summed E-state index contributed by atoms with van der Waals surface area (Å²) >= 11 is 3.58. The number of rotatable bonds is 1. The van der Waals surface area contributed by atoms with Crippen LogP contribution in [0, 0.1) is 6.92 Å². The zero-order valence-corrected chi connectivity index (χ0v) is 8.69. The molecule has 12 heavy (non-hydrogen) atoms. The molecule has 1 nitrogen and oxygen atoms in total. The van der Waals surface area contributed by atoms with E-state index in [2.05, 4.69) is 41.1 Å². The summed E-state index contributed by atoms with van der Waals surface area (Å²) in [6, 6.07) is 6.28. The van der Waals surface area contributed by atoms with Crippen LogP contribution in [-0.2, 0) is 5.54 Å². The van der Waals surface area contributed by atoms with E-state index in [4.69, 9.17) is 5.73 Å². The van der Waals surface area contributed by atoms with Crippen LogP contribution in [0.1, 0.15) is 24.0 Å². The van der Waals surface area contributed by atoms with Crippen LogP contribution in [0.2, 0.25) is 0 Å². The van der Waals surface area contributed by atoms with E-state index in [9.17, 15) is 0 Å². The second-order valence-corrected chi connectivity index (χ2v) is 4.39. The van der Waals surface area contributed by atoms with Gasteiger partial charge in [0.2, 0.25) is 0 Å². The van der Waals surface area contributed by atoms with Gasteiger partial charge in [-0.1, -0.05) is 34.1 Å². The zero-order chi connectivity index (χ0) is 8.77. The molecule has 1 fully saturated rings. The van der Waals surface area contributed by atoms with E-state index in [1.165, 1.54) is 15.6 Å². The molecule has 1 aliphatic rings. The minimum atomic E-state index is -0.0230. The SMILES string of the molecule is Cc1cccc(C2(N)CC2)c1Br. The van der Waals surface area contributed by atoms with Gasteiger partial charge in [0.05, 0.1) is 0 Å². The van der Waals surface area contributed by atoms with Gasteiger partial charge in [0.1, 0.15) is 0 Å². The fourth-order valence-electron chi connectivity index (χ4n) is 1.44. The summed E-state index contributed by atoms with van der Waals surface area (Å²) in [7, 11) is 0. The van der Waals surface area contributed by atoms with E-state index in [0.29, 0.717) is 0 Å². The van der Waals surface area contributed by atoms with Gasteiger partial charge in [-0.2, -0.15) is 0 Å². The Morgan fingerprint density at radius 1 is 1.42 bits per heavy atom. The Hall–Kier alpha value is -0.340. The fourth-order valence-corrected chi connectivity index (χ4v) is 2.10. The van der Waals surface area contributed by atoms with Crippen molar-refractivity contribution in [2.75, 3.05) is 0 Å². The average molecular weight is 226 g/mol. The number of aryl methyl sites for hydroxylation is 1. The van der Waals surface area contributed by atoms with Gasteiger partial charge >= 0.3 is 0 Å². The zero-order valence-electron chi connectivity index (χ0n) is 7.10. The molecular formula is C10H12BrN. The third-order valence-electron chi connectivity index (χ3n) is 2.52. The molecule has 2 N–H and O–H groups in total. The molecule has 0 amide bonds. The van der Waals surface area contributed by atoms with E-state index in [0.717, 1.165) is 12.8 Å². The number of nitrogens with two attached hydrogens (primary N) is 1. The van der Waals surface area contributed by atoms with Crippen LogP contribution in [0.5, 0.6) is 0 Å². The quantitative estimate of drug-likeness (QED) is 0.782. The van der Waals surface area contributed by atoms with Crippen LogP contribution in [0.3, 0.4) is 0 Å². The Morgan fingerprint density at radius 2 is 2.08 bits per heavy atom. The molecule has 2 heteroatoms. The number of hydrogen-bond acceptors (Lipinski definition) is 1. The van der Waals surface area contributed by atoms with Crippen molar-refractivity contribution in [3.05, 3.63) is 33.8 Å². The number of benzene rings is 1. The van der Waals surface area contributed by atoms with Crippen molar-refractivity contribution in [2.24, 2.45) is 5.73 Å². The summed E-state index contributed by atoms with van der Waals surface area (Å²) < 4.78 is 1.19. The molecule has 0 atom stereocenters. The van der Waals surface area contributed by atoms with Crippen molar-refractivity contribution in [3.63, 3.8) is 0 Å². The highest BCUT2D eigenvalue weighted by atomic mass is 79.9. The average Bonchev–Trinajstić information content (AvgIpc) is 2.75. The first kappa shape index (κ1) is 8.27. The molecule has 0 saturated heterocycles. The van der Waals surface area contributed by atoms with Crippen LogP contribution in [0.4, 0.5) is 0 Å². The molecule has 0 bridgehead atoms. The molecule has 0 heterocycles. The molecule has 2 rings (SSSR count). The van der Waals surface area contributed by atoms with Crippen LogP contribution in [0.15, 0.2) is 22.7 Å². The molecule has 0 spiro atoms. The highest BCUT2D eigenvalue weighted by Crippen LogP contribution is 2.45. The minimum absolute atomic E-state index is 0.0230. The molecule has 0 radical (unpaired) electrons. The molecule has 0 aliphatic heterocycles. The van der Waals surface area contributed by atoms with Gasteiger partial charge in [-0.25, -0.2) is 0 Å². The first-order valence-corrected chi connectivity index (χ1v) is 4.97. The number of halogens is 1. The molecule has 1 aliphatic carbocycles. The number of hydrogen-bond donors (Lipinski definition) is 1. The third kappa shape index (κ3) is 1.19. The third-order valence-corrected chi connectivity index (χ3v) is 3.57. The van der Waals surface area contributed by atoms with E-state index >= 15 is 0 Å². The lowest BCUT2D eigenvalue weighted by molar-refractivity contribution is 0.734. The van der Waals surface area contributed by atoms with Crippen LogP contribution < -0.4 is 5.73 Å². The summed E-state index contributed by atoms with van der Waals surface area (Å²) in [5, 5.41) is 0. The van der Waals surface area contributed by atoms with Gasteiger partial charge in [0.15, 0.2) is 0 Å². The smallest absolute Gasteiger partial charge is 0.0422 e. The molecule has 0 aromatic heterocycles. The Labute approximate surface area is 81.1 Å². The van der Waals surface area contributed by atoms with Gasteiger partial charge in [0, 0.05) is 10.0 Å². The van der Waals surface area contributed by atoms with E-state index in [-0.39, 0.29) is 5.54 Å². The first-order valence-electron chi connectivity index (χ1n) is 4.18. The standard InChI is InChI=1S/C10H12BrN/c1-7-3-2-4-8(9(7)11)10(12)5-6-10/h2-4H,5-6,12H2,1H3. The van der Waals surface area contributed by atoms with Crippen LogP contribution >= 0.6 is 15.9 Å². The summed E-state index contributed by atoms with van der Waals surface area (Å²) in [5.74, 6) is 0. The van der Waals surface area contributed by atoms with Crippen LogP contribution in [0.25, 0.3) is 0 Å². The summed E-state index contributed by atoms with van der Waals surface area (Å²) in [6.07, 6.45) is 2.24. The highest BCUT2D eigenvalue weighted by Gasteiger charge is 2.41. The van der Waals surface area contributed by atoms with Gasteiger partial charge in [-0.3, -0.25) is 0 Å². The Balaban J connectivity index is 2.51. The normalized spacial score (nSPS) is 19.2. The Morgan fingerprint density at radius 3 is 2.67 bits per heavy atom. The maximum atomic E-state index is 6.11. The summed E-state index contributed by atoms with van der Waals surface area (Å²) in [4.78, 5) is 0. The molecule has 1 saturated carbocycles. The van der Waals surface area contributed by atoms with Crippen molar-refractivity contribution in [3.8, 4) is 0 Å². The lowest BCUT2D eigenvalue weighted by atomic mass is 10.0. The van der Waals surface area contributed by atoms with Gasteiger partial charge in [-0.05, 0) is 30.9 Å². The predicted octanol–water partition coefficient (Wildman–Crippen LogP) is 2.71. The Bertz CT molecular complexity index is 316. The molecule has 1 aromatic rings. The predicted molar refractivity (Wildman–Crippen MR) is 54.0 cm³/mol. The van der Waals surface area contributed by atoms with Crippen molar-refractivity contribution in [1.29, 1.82) is 0 Å². The van der Waals surface area contributed by atoms with E-state index < -0.39 is 0 Å². The largest absolute Gasteiger partial charge is 0.321 e. The second kappa shape index (κ2) is 2.57. The monoisotopic (exact) mass is 225 g/mol. The molecule has 1 aromatic carbocycles. The summed E-state index contributed by atoms with van der Waals surface area (Å²) in [5.41, 5.74) is 8.62. The van der Waals surface area contributed by atoms with E-state index in [1.807, 2.05) is 0 Å². The van der Waals surface area contributed by atoms with E-state index in [1.54, 1.807) is 0 Å².